The van der Waals surface area contributed by atoms with Gasteiger partial charge < -0.3 is 4.74 Å². The smallest absolute Gasteiger partial charge is 0.136 e. The number of hydrogen-bond acceptors (Lipinski definition) is 2. The normalized spacial score (nSPS) is 28.8. The molecule has 0 bridgehead atoms. The molecule has 0 aromatic rings. The summed E-state index contributed by atoms with van der Waals surface area (Å²) < 4.78 is 5.41. The van der Waals surface area contributed by atoms with E-state index < -0.39 is 0 Å². The van der Waals surface area contributed by atoms with Crippen molar-refractivity contribution < 1.29 is 9.53 Å². The van der Waals surface area contributed by atoms with Crippen molar-refractivity contribution in [2.45, 2.75) is 52.1 Å². The second-order valence-electron chi connectivity index (χ2n) is 3.97. The molecule has 1 fully saturated rings. The molecular formula is C11H20O2. The number of hydrogen-bond donors (Lipinski definition) is 0. The van der Waals surface area contributed by atoms with Crippen LogP contribution in [0.4, 0.5) is 0 Å². The zero-order chi connectivity index (χ0) is 9.68. The van der Waals surface area contributed by atoms with E-state index in [0.29, 0.717) is 5.78 Å². The van der Waals surface area contributed by atoms with Crippen LogP contribution in [0.25, 0.3) is 0 Å². The van der Waals surface area contributed by atoms with Crippen LogP contribution in [0.1, 0.15) is 46.0 Å². The first kappa shape index (κ1) is 10.7. The van der Waals surface area contributed by atoms with Crippen LogP contribution in [0.15, 0.2) is 0 Å². The molecule has 0 radical (unpaired) electrons. The van der Waals surface area contributed by atoms with Gasteiger partial charge in [0, 0.05) is 18.9 Å². The first-order chi connectivity index (χ1) is 6.24. The maximum Gasteiger partial charge on any atom is 0.136 e. The fraction of sp³-hybridized carbons (Fsp3) is 0.909. The summed E-state index contributed by atoms with van der Waals surface area (Å²) in [5.41, 5.74) is 0. The minimum atomic E-state index is 0.282. The average Bonchev–Trinajstić information content (AvgIpc) is 2.14. The Balaban J connectivity index is 2.28. The first-order valence-corrected chi connectivity index (χ1v) is 5.38. The Morgan fingerprint density at radius 2 is 2.31 bits per heavy atom. The number of carbonyl (C=O) groups excluding carboxylic acids is 1. The monoisotopic (exact) mass is 184 g/mol. The Labute approximate surface area is 80.7 Å². The highest BCUT2D eigenvalue weighted by molar-refractivity contribution is 5.81. The molecule has 0 aliphatic carbocycles. The second-order valence-corrected chi connectivity index (χ2v) is 3.97. The number of carbonyl (C=O) groups is 1. The third-order valence-corrected chi connectivity index (χ3v) is 2.72. The second kappa shape index (κ2) is 5.38. The molecule has 0 saturated carbocycles. The molecule has 2 heteroatoms. The highest BCUT2D eigenvalue weighted by Gasteiger charge is 2.24. The molecule has 1 saturated heterocycles. The van der Waals surface area contributed by atoms with Crippen LogP contribution in [-0.2, 0) is 9.53 Å². The van der Waals surface area contributed by atoms with E-state index in [1.54, 1.807) is 0 Å². The summed E-state index contributed by atoms with van der Waals surface area (Å²) in [7, 11) is 0. The van der Waals surface area contributed by atoms with Crippen LogP contribution in [0.2, 0.25) is 0 Å². The van der Waals surface area contributed by atoms with E-state index in [2.05, 4.69) is 13.8 Å². The Bertz CT molecular complexity index is 165. The summed E-state index contributed by atoms with van der Waals surface area (Å²) in [4.78, 5) is 11.6. The molecule has 1 heterocycles. The number of rotatable bonds is 4. The van der Waals surface area contributed by atoms with Crippen LogP contribution < -0.4 is 0 Å². The van der Waals surface area contributed by atoms with E-state index in [1.807, 2.05) is 0 Å². The number of unbranched alkanes of at least 4 members (excludes halogenated alkanes) is 1. The topological polar surface area (TPSA) is 26.3 Å². The van der Waals surface area contributed by atoms with Gasteiger partial charge in [-0.05, 0) is 26.2 Å². The molecule has 1 aliphatic rings. The van der Waals surface area contributed by atoms with Gasteiger partial charge in [-0.15, -0.1) is 0 Å². The van der Waals surface area contributed by atoms with E-state index in [4.69, 9.17) is 4.74 Å². The van der Waals surface area contributed by atoms with E-state index in [0.717, 1.165) is 38.7 Å². The van der Waals surface area contributed by atoms with Crippen molar-refractivity contribution in [3.8, 4) is 0 Å². The van der Waals surface area contributed by atoms with Crippen molar-refractivity contribution in [3.63, 3.8) is 0 Å². The molecule has 13 heavy (non-hydrogen) atoms. The Hall–Kier alpha value is -0.370. The summed E-state index contributed by atoms with van der Waals surface area (Å²) in [6.07, 6.45) is 5.09. The fourth-order valence-electron chi connectivity index (χ4n) is 1.85. The zero-order valence-electron chi connectivity index (χ0n) is 8.71. The van der Waals surface area contributed by atoms with Crippen LogP contribution in [0.3, 0.4) is 0 Å². The lowest BCUT2D eigenvalue weighted by Gasteiger charge is -2.26. The third-order valence-electron chi connectivity index (χ3n) is 2.72. The van der Waals surface area contributed by atoms with Crippen LogP contribution in [0, 0.1) is 5.92 Å². The van der Waals surface area contributed by atoms with Crippen molar-refractivity contribution in [2.75, 3.05) is 6.61 Å². The van der Waals surface area contributed by atoms with Gasteiger partial charge in [0.1, 0.15) is 5.78 Å². The Morgan fingerprint density at radius 3 is 2.92 bits per heavy atom. The van der Waals surface area contributed by atoms with Gasteiger partial charge in [-0.2, -0.15) is 0 Å². The van der Waals surface area contributed by atoms with Crippen LogP contribution >= 0.6 is 0 Å². The van der Waals surface area contributed by atoms with Gasteiger partial charge in [0.2, 0.25) is 0 Å². The predicted octanol–water partition coefficient (Wildman–Crippen LogP) is 2.56. The average molecular weight is 184 g/mol. The van der Waals surface area contributed by atoms with Crippen LogP contribution in [0.5, 0.6) is 0 Å². The summed E-state index contributed by atoms with van der Waals surface area (Å²) in [5.74, 6) is 0.743. The molecule has 2 unspecified atom stereocenters. The van der Waals surface area contributed by atoms with Crippen molar-refractivity contribution in [1.82, 2.24) is 0 Å². The Kier molecular flexibility index (Phi) is 4.43. The lowest BCUT2D eigenvalue weighted by molar-refractivity contribution is -0.127. The van der Waals surface area contributed by atoms with Gasteiger partial charge >= 0.3 is 0 Å². The van der Waals surface area contributed by atoms with E-state index in [1.165, 1.54) is 0 Å². The zero-order valence-corrected chi connectivity index (χ0v) is 8.71. The van der Waals surface area contributed by atoms with Crippen molar-refractivity contribution in [1.29, 1.82) is 0 Å². The molecule has 76 valence electrons. The number of Topliss-reactive ketones (excluding diaryl/α,β-unsaturated/α-hetero) is 1. The molecule has 2 nitrogen and oxygen atoms in total. The standard InChI is InChI=1S/C11H20O2/c1-3-4-5-11(12)10-6-7-13-9(2)8-10/h9-10H,3-8H2,1-2H3. The molecule has 0 spiro atoms. The van der Waals surface area contributed by atoms with Gasteiger partial charge in [0.15, 0.2) is 0 Å². The number of ether oxygens (including phenoxy) is 1. The Morgan fingerprint density at radius 1 is 1.54 bits per heavy atom. The largest absolute Gasteiger partial charge is 0.378 e. The summed E-state index contributed by atoms with van der Waals surface area (Å²) in [6, 6.07) is 0. The summed E-state index contributed by atoms with van der Waals surface area (Å²) in [5, 5.41) is 0. The van der Waals surface area contributed by atoms with Gasteiger partial charge in [0.25, 0.3) is 0 Å². The first-order valence-electron chi connectivity index (χ1n) is 5.38. The predicted molar refractivity (Wildman–Crippen MR) is 52.7 cm³/mol. The molecule has 1 aliphatic heterocycles. The maximum atomic E-state index is 11.6. The quantitative estimate of drug-likeness (QED) is 0.671. The molecule has 0 N–H and O–H groups in total. The molecule has 2 atom stereocenters. The lowest BCUT2D eigenvalue weighted by Crippen LogP contribution is -2.28. The number of ketones is 1. The minimum Gasteiger partial charge on any atom is -0.378 e. The maximum absolute atomic E-state index is 11.6. The van der Waals surface area contributed by atoms with Crippen molar-refractivity contribution >= 4 is 5.78 Å². The van der Waals surface area contributed by atoms with Gasteiger partial charge in [-0.25, -0.2) is 0 Å². The molecule has 0 aromatic carbocycles. The third kappa shape index (κ3) is 3.47. The highest BCUT2D eigenvalue weighted by atomic mass is 16.5. The summed E-state index contributed by atoms with van der Waals surface area (Å²) >= 11 is 0. The summed E-state index contributed by atoms with van der Waals surface area (Å²) in [6.45, 7) is 4.95. The highest BCUT2D eigenvalue weighted by Crippen LogP contribution is 2.22. The van der Waals surface area contributed by atoms with Gasteiger partial charge in [0.05, 0.1) is 6.10 Å². The fourth-order valence-corrected chi connectivity index (χ4v) is 1.85. The van der Waals surface area contributed by atoms with Crippen molar-refractivity contribution in [3.05, 3.63) is 0 Å². The van der Waals surface area contributed by atoms with E-state index in [-0.39, 0.29) is 12.0 Å². The molecule has 1 rings (SSSR count). The van der Waals surface area contributed by atoms with Gasteiger partial charge in [-0.3, -0.25) is 4.79 Å². The lowest BCUT2D eigenvalue weighted by atomic mass is 9.90. The minimum absolute atomic E-state index is 0.282. The van der Waals surface area contributed by atoms with Crippen LogP contribution in [-0.4, -0.2) is 18.5 Å². The SMILES string of the molecule is CCCCC(=O)C1CCOC(C)C1. The molecule has 0 aromatic heterocycles. The van der Waals surface area contributed by atoms with Crippen molar-refractivity contribution in [2.24, 2.45) is 5.92 Å². The van der Waals surface area contributed by atoms with E-state index in [9.17, 15) is 4.79 Å². The molecular weight excluding hydrogens is 164 g/mol. The van der Waals surface area contributed by atoms with E-state index >= 15 is 0 Å². The van der Waals surface area contributed by atoms with Gasteiger partial charge in [-0.1, -0.05) is 13.3 Å². The molecule has 0 amide bonds.